The second-order valence-corrected chi connectivity index (χ2v) is 6.19. The molecule has 0 radical (unpaired) electrons. The molecular formula is C17H25ClFN. The number of hydrogen-bond acceptors (Lipinski definition) is 1. The molecule has 0 saturated carbocycles. The maximum Gasteiger partial charge on any atom is 0.125 e. The zero-order valence-corrected chi connectivity index (χ0v) is 13.5. The molecule has 0 amide bonds. The van der Waals surface area contributed by atoms with Crippen LogP contribution >= 0.6 is 12.4 Å². The third-order valence-corrected chi connectivity index (χ3v) is 4.17. The molecule has 0 aromatic heterocycles. The molecule has 0 heterocycles. The van der Waals surface area contributed by atoms with Crippen LogP contribution in [0.1, 0.15) is 39.5 Å². The van der Waals surface area contributed by atoms with Crippen LogP contribution < -0.4 is 4.90 Å². The summed E-state index contributed by atoms with van der Waals surface area (Å²) in [5, 5.41) is 0. The zero-order chi connectivity index (χ0) is 13.9. The predicted octanol–water partition coefficient (Wildman–Crippen LogP) is 5.21. The summed E-state index contributed by atoms with van der Waals surface area (Å²) in [6.45, 7) is 5.53. The first-order valence-corrected chi connectivity index (χ1v) is 7.15. The van der Waals surface area contributed by atoms with E-state index < -0.39 is 0 Å². The highest BCUT2D eigenvalue weighted by molar-refractivity contribution is 5.85. The molecule has 1 aliphatic carbocycles. The Balaban J connectivity index is 0.00000200. The van der Waals surface area contributed by atoms with Crippen LogP contribution in [0.5, 0.6) is 0 Å². The van der Waals surface area contributed by atoms with Crippen LogP contribution in [0.3, 0.4) is 0 Å². The van der Waals surface area contributed by atoms with Crippen molar-refractivity contribution >= 4 is 18.1 Å². The Kier molecular flexibility index (Phi) is 6.07. The highest BCUT2D eigenvalue weighted by atomic mass is 35.5. The first kappa shape index (κ1) is 17.0. The second-order valence-electron chi connectivity index (χ2n) is 6.19. The van der Waals surface area contributed by atoms with E-state index in [2.05, 4.69) is 24.8 Å². The first-order chi connectivity index (χ1) is 8.99. The fraction of sp³-hybridized carbons (Fsp3) is 0.529. The molecule has 0 unspecified atom stereocenters. The number of halogens is 2. The van der Waals surface area contributed by atoms with Crippen molar-refractivity contribution < 1.29 is 4.39 Å². The van der Waals surface area contributed by atoms with Gasteiger partial charge in [-0.25, -0.2) is 4.39 Å². The third kappa shape index (κ3) is 4.24. The second kappa shape index (κ2) is 7.12. The van der Waals surface area contributed by atoms with Crippen LogP contribution in [0.25, 0.3) is 0 Å². The Bertz CT molecular complexity index is 468. The predicted molar refractivity (Wildman–Crippen MR) is 87.3 cm³/mol. The Morgan fingerprint density at radius 2 is 2.00 bits per heavy atom. The van der Waals surface area contributed by atoms with Crippen LogP contribution in [-0.2, 0) is 0 Å². The molecule has 0 N–H and O–H groups in total. The number of likely N-dealkylation sites (N-methyl/N-ethyl adjacent to an activating group) is 1. The lowest BCUT2D eigenvalue weighted by atomic mass is 9.80. The summed E-state index contributed by atoms with van der Waals surface area (Å²) < 4.78 is 13.3. The Labute approximate surface area is 128 Å². The van der Waals surface area contributed by atoms with Crippen molar-refractivity contribution in [3.05, 3.63) is 41.7 Å². The molecule has 2 rings (SSSR count). The molecule has 1 nitrogen and oxygen atoms in total. The van der Waals surface area contributed by atoms with Crippen LogP contribution in [0.2, 0.25) is 0 Å². The molecule has 1 aliphatic rings. The summed E-state index contributed by atoms with van der Waals surface area (Å²) in [6, 6.07) is 6.83. The van der Waals surface area contributed by atoms with Gasteiger partial charge in [0.2, 0.25) is 0 Å². The van der Waals surface area contributed by atoms with Crippen molar-refractivity contribution in [3.63, 3.8) is 0 Å². The molecule has 1 aromatic rings. The lowest BCUT2D eigenvalue weighted by molar-refractivity contribution is 0.394. The fourth-order valence-electron chi connectivity index (χ4n) is 2.76. The van der Waals surface area contributed by atoms with E-state index in [1.165, 1.54) is 37.3 Å². The lowest BCUT2D eigenvalue weighted by Crippen LogP contribution is -2.27. The topological polar surface area (TPSA) is 3.24 Å². The normalized spacial score (nSPS) is 17.7. The van der Waals surface area contributed by atoms with E-state index in [1.807, 2.05) is 13.1 Å². The van der Waals surface area contributed by atoms with E-state index in [-0.39, 0.29) is 23.6 Å². The van der Waals surface area contributed by atoms with Gasteiger partial charge in [-0.15, -0.1) is 12.4 Å². The summed E-state index contributed by atoms with van der Waals surface area (Å²) in [5.41, 5.74) is 2.69. The van der Waals surface area contributed by atoms with Gasteiger partial charge in [0.15, 0.2) is 0 Å². The molecule has 0 bridgehead atoms. The smallest absolute Gasteiger partial charge is 0.125 e. The van der Waals surface area contributed by atoms with Crippen molar-refractivity contribution in [3.8, 4) is 0 Å². The number of nitrogens with zero attached hydrogens (tertiary/aromatic N) is 1. The molecule has 0 saturated heterocycles. The van der Waals surface area contributed by atoms with Gasteiger partial charge in [-0.05, 0) is 48.4 Å². The zero-order valence-electron chi connectivity index (χ0n) is 12.7. The van der Waals surface area contributed by atoms with Crippen molar-refractivity contribution in [2.45, 2.75) is 39.5 Å². The minimum atomic E-state index is -0.168. The fourth-order valence-corrected chi connectivity index (χ4v) is 2.76. The van der Waals surface area contributed by atoms with Crippen LogP contribution in [0, 0.1) is 11.2 Å². The summed E-state index contributed by atoms with van der Waals surface area (Å²) in [6.07, 6.45) is 7.40. The maximum atomic E-state index is 13.3. The lowest BCUT2D eigenvalue weighted by Gasteiger charge is -2.31. The van der Waals surface area contributed by atoms with Gasteiger partial charge in [0.25, 0.3) is 0 Å². The van der Waals surface area contributed by atoms with Gasteiger partial charge in [-0.3, -0.25) is 0 Å². The van der Waals surface area contributed by atoms with Crippen molar-refractivity contribution in [2.24, 2.45) is 5.41 Å². The minimum absolute atomic E-state index is 0. The van der Waals surface area contributed by atoms with Crippen LogP contribution in [0.15, 0.2) is 35.9 Å². The number of allylic oxidation sites excluding steroid dienone is 1. The van der Waals surface area contributed by atoms with Gasteiger partial charge in [-0.1, -0.05) is 32.4 Å². The molecular weight excluding hydrogens is 273 g/mol. The van der Waals surface area contributed by atoms with Gasteiger partial charge < -0.3 is 4.90 Å². The molecule has 0 atom stereocenters. The van der Waals surface area contributed by atoms with E-state index in [9.17, 15) is 4.39 Å². The minimum Gasteiger partial charge on any atom is -0.370 e. The summed E-state index contributed by atoms with van der Waals surface area (Å²) in [7, 11) is 2.04. The number of hydrogen-bond donors (Lipinski definition) is 0. The van der Waals surface area contributed by atoms with Crippen molar-refractivity contribution in [1.29, 1.82) is 0 Å². The van der Waals surface area contributed by atoms with E-state index in [0.29, 0.717) is 0 Å². The molecule has 0 aliphatic heterocycles. The third-order valence-electron chi connectivity index (χ3n) is 4.17. The SMILES string of the molecule is CN(CC1=CCCCCC1(C)C)c1cccc(F)c1.Cl. The van der Waals surface area contributed by atoms with Gasteiger partial charge in [0.1, 0.15) is 5.82 Å². The van der Waals surface area contributed by atoms with E-state index in [0.717, 1.165) is 12.2 Å². The quantitative estimate of drug-likeness (QED) is 0.692. The molecule has 3 heteroatoms. The largest absolute Gasteiger partial charge is 0.370 e. The summed E-state index contributed by atoms with van der Waals surface area (Å²) in [4.78, 5) is 2.14. The van der Waals surface area contributed by atoms with E-state index in [4.69, 9.17) is 0 Å². The van der Waals surface area contributed by atoms with Gasteiger partial charge >= 0.3 is 0 Å². The monoisotopic (exact) mass is 297 g/mol. The highest BCUT2D eigenvalue weighted by Crippen LogP contribution is 2.36. The number of rotatable bonds is 3. The average Bonchev–Trinajstić information content (AvgIpc) is 2.51. The van der Waals surface area contributed by atoms with E-state index in [1.54, 1.807) is 12.1 Å². The van der Waals surface area contributed by atoms with Crippen LogP contribution in [-0.4, -0.2) is 13.6 Å². The molecule has 0 spiro atoms. The number of benzene rings is 1. The molecule has 1 aromatic carbocycles. The van der Waals surface area contributed by atoms with E-state index >= 15 is 0 Å². The average molecular weight is 298 g/mol. The molecule has 20 heavy (non-hydrogen) atoms. The molecule has 0 fully saturated rings. The van der Waals surface area contributed by atoms with Crippen molar-refractivity contribution in [1.82, 2.24) is 0 Å². The van der Waals surface area contributed by atoms with Gasteiger partial charge in [0.05, 0.1) is 0 Å². The Morgan fingerprint density at radius 3 is 2.70 bits per heavy atom. The summed E-state index contributed by atoms with van der Waals surface area (Å²) >= 11 is 0. The van der Waals surface area contributed by atoms with Crippen molar-refractivity contribution in [2.75, 3.05) is 18.5 Å². The highest BCUT2D eigenvalue weighted by Gasteiger charge is 2.25. The Hall–Kier alpha value is -1.02. The van der Waals surface area contributed by atoms with Gasteiger partial charge in [-0.2, -0.15) is 0 Å². The van der Waals surface area contributed by atoms with Gasteiger partial charge in [0, 0.05) is 19.3 Å². The first-order valence-electron chi connectivity index (χ1n) is 7.15. The Morgan fingerprint density at radius 1 is 1.25 bits per heavy atom. The molecule has 112 valence electrons. The number of anilines is 1. The standard InChI is InChI=1S/C17H24FN.ClH/c1-17(2)11-6-4-5-8-14(17)13-19(3)16-10-7-9-15(18)12-16;/h7-10,12H,4-6,11,13H2,1-3H3;1H. The summed E-state index contributed by atoms with van der Waals surface area (Å²) in [5.74, 6) is -0.168. The van der Waals surface area contributed by atoms with Crippen LogP contribution in [0.4, 0.5) is 10.1 Å². The maximum absolute atomic E-state index is 13.3.